The van der Waals surface area contributed by atoms with E-state index in [2.05, 4.69) is 19.9 Å². The first kappa shape index (κ1) is 19.2. The molecule has 3 heterocycles. The number of nitrogens with one attached hydrogen (secondary N) is 1. The van der Waals surface area contributed by atoms with Gasteiger partial charge in [0.25, 0.3) is 0 Å². The molecule has 1 aliphatic heterocycles. The summed E-state index contributed by atoms with van der Waals surface area (Å²) in [6.07, 6.45) is 3.92. The lowest BCUT2D eigenvalue weighted by molar-refractivity contribution is 0.159. The molecule has 1 atom stereocenters. The third kappa shape index (κ3) is 4.34. The molecule has 0 radical (unpaired) electrons. The smallest absolute Gasteiger partial charge is 0.317 e. The number of piperidine rings is 1. The third-order valence-electron chi connectivity index (χ3n) is 5.52. The second-order valence-corrected chi connectivity index (χ2v) is 7.58. The molecule has 1 fully saturated rings. The second kappa shape index (κ2) is 8.51. The van der Waals surface area contributed by atoms with Crippen LogP contribution in [0.25, 0.3) is 11.2 Å². The average Bonchev–Trinajstić information content (AvgIpc) is 3.07. The molecule has 4 rings (SSSR count). The van der Waals surface area contributed by atoms with Gasteiger partial charge in [0, 0.05) is 32.4 Å². The summed E-state index contributed by atoms with van der Waals surface area (Å²) >= 11 is 0. The molecule has 1 saturated heterocycles. The normalized spacial score (nSPS) is 16.8. The van der Waals surface area contributed by atoms with Crippen molar-refractivity contribution in [2.75, 3.05) is 20.2 Å². The third-order valence-corrected chi connectivity index (χ3v) is 5.52. The molecule has 7 nitrogen and oxygen atoms in total. The molecule has 1 unspecified atom stereocenters. The number of urea groups is 1. The number of fused-ring (bicyclic) bond motifs is 1. The molecule has 7 heteroatoms. The van der Waals surface area contributed by atoms with E-state index in [9.17, 15) is 4.79 Å². The highest BCUT2D eigenvalue weighted by molar-refractivity contribution is 5.74. The largest absolute Gasteiger partial charge is 0.497 e. The van der Waals surface area contributed by atoms with Crippen LogP contribution in [0, 0.1) is 12.8 Å². The number of aryl methyl sites for hydroxylation is 1. The molecule has 0 spiro atoms. The van der Waals surface area contributed by atoms with E-state index in [1.807, 2.05) is 48.2 Å². The summed E-state index contributed by atoms with van der Waals surface area (Å²) < 4.78 is 7.42. The molecule has 0 saturated carbocycles. The van der Waals surface area contributed by atoms with E-state index in [0.29, 0.717) is 12.5 Å². The Hall–Kier alpha value is -3.09. The average molecular weight is 393 g/mol. The van der Waals surface area contributed by atoms with E-state index in [4.69, 9.17) is 4.74 Å². The minimum Gasteiger partial charge on any atom is -0.497 e. The Morgan fingerprint density at radius 2 is 2.21 bits per heavy atom. The summed E-state index contributed by atoms with van der Waals surface area (Å²) in [6, 6.07) is 11.7. The number of rotatable bonds is 5. The quantitative estimate of drug-likeness (QED) is 0.721. The van der Waals surface area contributed by atoms with Gasteiger partial charge in [0.05, 0.1) is 7.11 Å². The number of nitrogens with zero attached hydrogens (tertiary/aromatic N) is 4. The Labute approximate surface area is 170 Å². The number of imidazole rings is 1. The maximum absolute atomic E-state index is 12.7. The molecule has 29 heavy (non-hydrogen) atoms. The van der Waals surface area contributed by atoms with E-state index < -0.39 is 0 Å². The number of benzene rings is 1. The van der Waals surface area contributed by atoms with Crippen molar-refractivity contribution < 1.29 is 9.53 Å². The Bertz CT molecular complexity index is 1000. The van der Waals surface area contributed by atoms with E-state index in [-0.39, 0.29) is 6.03 Å². The van der Waals surface area contributed by atoms with Gasteiger partial charge in [0.1, 0.15) is 17.1 Å². The highest BCUT2D eigenvalue weighted by atomic mass is 16.5. The van der Waals surface area contributed by atoms with Gasteiger partial charge in [-0.15, -0.1) is 0 Å². The zero-order valence-corrected chi connectivity index (χ0v) is 17.0. The van der Waals surface area contributed by atoms with Crippen LogP contribution >= 0.6 is 0 Å². The van der Waals surface area contributed by atoms with Gasteiger partial charge in [-0.1, -0.05) is 12.1 Å². The summed E-state index contributed by atoms with van der Waals surface area (Å²) in [5.41, 5.74) is 2.87. The fourth-order valence-corrected chi connectivity index (χ4v) is 4.02. The van der Waals surface area contributed by atoms with Crippen molar-refractivity contribution in [2.24, 2.45) is 5.92 Å². The van der Waals surface area contributed by atoms with E-state index in [1.54, 1.807) is 13.3 Å². The predicted octanol–water partition coefficient (Wildman–Crippen LogP) is 3.37. The predicted molar refractivity (Wildman–Crippen MR) is 112 cm³/mol. The summed E-state index contributed by atoms with van der Waals surface area (Å²) in [5, 5.41) is 3.04. The lowest BCUT2D eigenvalue weighted by atomic mass is 9.98. The lowest BCUT2D eigenvalue weighted by Gasteiger charge is -2.33. The zero-order chi connectivity index (χ0) is 20.2. The van der Waals surface area contributed by atoms with Crippen molar-refractivity contribution in [2.45, 2.75) is 32.9 Å². The van der Waals surface area contributed by atoms with Gasteiger partial charge in [0.15, 0.2) is 5.65 Å². The summed E-state index contributed by atoms with van der Waals surface area (Å²) in [6.45, 7) is 4.88. The van der Waals surface area contributed by atoms with Crippen LogP contribution in [0.1, 0.15) is 24.2 Å². The number of hydrogen-bond acceptors (Lipinski definition) is 4. The zero-order valence-electron chi connectivity index (χ0n) is 17.0. The topological polar surface area (TPSA) is 72.3 Å². The van der Waals surface area contributed by atoms with Gasteiger partial charge in [-0.05, 0) is 55.5 Å². The van der Waals surface area contributed by atoms with Crippen LogP contribution in [0.3, 0.4) is 0 Å². The van der Waals surface area contributed by atoms with Gasteiger partial charge < -0.3 is 19.5 Å². The first-order valence-corrected chi connectivity index (χ1v) is 10.1. The minimum atomic E-state index is -0.0112. The van der Waals surface area contributed by atoms with Crippen LogP contribution in [0.4, 0.5) is 4.79 Å². The van der Waals surface area contributed by atoms with Gasteiger partial charge in [0.2, 0.25) is 0 Å². The molecule has 0 aliphatic carbocycles. The molecular weight excluding hydrogens is 366 g/mol. The molecule has 152 valence electrons. The number of ether oxygens (including phenoxy) is 1. The van der Waals surface area contributed by atoms with Crippen molar-refractivity contribution in [3.63, 3.8) is 0 Å². The highest BCUT2D eigenvalue weighted by Crippen LogP contribution is 2.22. The summed E-state index contributed by atoms with van der Waals surface area (Å²) in [4.78, 5) is 23.7. The van der Waals surface area contributed by atoms with Crippen molar-refractivity contribution in [1.82, 2.24) is 24.8 Å². The van der Waals surface area contributed by atoms with E-state index in [1.165, 1.54) is 0 Å². The van der Waals surface area contributed by atoms with Crippen LogP contribution < -0.4 is 10.1 Å². The summed E-state index contributed by atoms with van der Waals surface area (Å²) in [7, 11) is 1.65. The van der Waals surface area contributed by atoms with Crippen LogP contribution in [0.15, 0.2) is 42.6 Å². The fourth-order valence-electron chi connectivity index (χ4n) is 4.02. The standard InChI is InChI=1S/C22H27N5O2/c1-16-25-20-9-4-10-23-21(20)27(16)15-18-7-5-11-26(14-18)22(28)24-13-17-6-3-8-19(12-17)29-2/h3-4,6,8-10,12,18H,5,7,11,13-15H2,1-2H3,(H,24,28). The molecular formula is C22H27N5O2. The molecule has 2 amide bonds. The number of amides is 2. The molecule has 3 aromatic rings. The lowest BCUT2D eigenvalue weighted by Crippen LogP contribution is -2.46. The van der Waals surface area contributed by atoms with Crippen LogP contribution in [0.5, 0.6) is 5.75 Å². The number of pyridine rings is 1. The van der Waals surface area contributed by atoms with Gasteiger partial charge in [-0.25, -0.2) is 14.8 Å². The van der Waals surface area contributed by atoms with Crippen molar-refractivity contribution >= 4 is 17.2 Å². The first-order chi connectivity index (χ1) is 14.1. The minimum absolute atomic E-state index is 0.0112. The van der Waals surface area contributed by atoms with Gasteiger partial charge in [-0.3, -0.25) is 0 Å². The van der Waals surface area contributed by atoms with Gasteiger partial charge in [-0.2, -0.15) is 0 Å². The molecule has 1 N–H and O–H groups in total. The number of aromatic nitrogens is 3. The molecule has 0 bridgehead atoms. The number of likely N-dealkylation sites (tertiary alicyclic amines) is 1. The molecule has 1 aromatic carbocycles. The van der Waals surface area contributed by atoms with Gasteiger partial charge >= 0.3 is 6.03 Å². The van der Waals surface area contributed by atoms with Crippen molar-refractivity contribution in [3.05, 3.63) is 54.0 Å². The molecule has 2 aromatic heterocycles. The SMILES string of the molecule is COc1cccc(CNC(=O)N2CCCC(Cn3c(C)nc4cccnc43)C2)c1. The van der Waals surface area contributed by atoms with Crippen LogP contribution in [-0.4, -0.2) is 45.7 Å². The Balaban J connectivity index is 1.37. The van der Waals surface area contributed by atoms with Crippen molar-refractivity contribution in [3.8, 4) is 5.75 Å². The number of hydrogen-bond donors (Lipinski definition) is 1. The highest BCUT2D eigenvalue weighted by Gasteiger charge is 2.25. The molecule has 1 aliphatic rings. The number of methoxy groups -OCH3 is 1. The maximum atomic E-state index is 12.7. The second-order valence-electron chi connectivity index (χ2n) is 7.58. The van der Waals surface area contributed by atoms with Crippen LogP contribution in [0.2, 0.25) is 0 Å². The Morgan fingerprint density at radius 1 is 1.31 bits per heavy atom. The van der Waals surface area contributed by atoms with Crippen molar-refractivity contribution in [1.29, 1.82) is 0 Å². The maximum Gasteiger partial charge on any atom is 0.317 e. The monoisotopic (exact) mass is 393 g/mol. The Kier molecular flexibility index (Phi) is 5.64. The Morgan fingerprint density at radius 3 is 3.07 bits per heavy atom. The van der Waals surface area contributed by atoms with E-state index in [0.717, 1.165) is 60.8 Å². The number of carbonyl (C=O) groups is 1. The van der Waals surface area contributed by atoms with Crippen LogP contribution in [-0.2, 0) is 13.1 Å². The number of carbonyl (C=O) groups excluding carboxylic acids is 1. The summed E-state index contributed by atoms with van der Waals surface area (Å²) in [5.74, 6) is 2.16. The first-order valence-electron chi connectivity index (χ1n) is 10.1. The van der Waals surface area contributed by atoms with E-state index >= 15 is 0 Å². The fraction of sp³-hybridized carbons (Fsp3) is 0.409.